The number of nitrogens with one attached hydrogen (secondary N) is 2. The van der Waals surface area contributed by atoms with Crippen molar-refractivity contribution in [2.24, 2.45) is 0 Å². The van der Waals surface area contributed by atoms with Crippen LogP contribution in [-0.2, 0) is 16.1 Å². The van der Waals surface area contributed by atoms with E-state index in [1.54, 1.807) is 12.1 Å². The van der Waals surface area contributed by atoms with E-state index < -0.39 is 11.8 Å². The molecule has 2 amide bonds. The minimum Gasteiger partial charge on any atom is -0.494 e. The van der Waals surface area contributed by atoms with Crippen LogP contribution in [0, 0.1) is 0 Å². The van der Waals surface area contributed by atoms with Crippen LogP contribution in [0.2, 0.25) is 10.0 Å². The van der Waals surface area contributed by atoms with Gasteiger partial charge in [-0.1, -0.05) is 35.3 Å². The number of benzene rings is 2. The molecule has 0 radical (unpaired) electrons. The molecule has 24 heavy (non-hydrogen) atoms. The second-order valence-corrected chi connectivity index (χ2v) is 5.74. The summed E-state index contributed by atoms with van der Waals surface area (Å²) in [5.41, 5.74) is 1.21. The molecular formula is C17H16Cl2N2O3. The first-order valence-electron chi connectivity index (χ1n) is 7.25. The first-order valence-corrected chi connectivity index (χ1v) is 8.00. The molecule has 0 fully saturated rings. The fraction of sp³-hybridized carbons (Fsp3) is 0.176. The minimum atomic E-state index is -0.792. The van der Waals surface area contributed by atoms with Crippen molar-refractivity contribution in [3.05, 3.63) is 58.1 Å². The van der Waals surface area contributed by atoms with Gasteiger partial charge in [-0.2, -0.15) is 0 Å². The summed E-state index contributed by atoms with van der Waals surface area (Å²) in [5.74, 6) is -0.789. The Morgan fingerprint density at radius 1 is 1.00 bits per heavy atom. The lowest BCUT2D eigenvalue weighted by molar-refractivity contribution is -0.136. The predicted octanol–water partition coefficient (Wildman–Crippen LogP) is 3.65. The van der Waals surface area contributed by atoms with Crippen LogP contribution in [0.4, 0.5) is 5.69 Å². The molecule has 2 aromatic rings. The van der Waals surface area contributed by atoms with Crippen molar-refractivity contribution in [1.29, 1.82) is 0 Å². The minimum absolute atomic E-state index is 0.231. The van der Waals surface area contributed by atoms with Crippen molar-refractivity contribution < 1.29 is 14.3 Å². The lowest BCUT2D eigenvalue weighted by atomic mass is 10.2. The van der Waals surface area contributed by atoms with E-state index in [1.807, 2.05) is 19.1 Å². The largest absolute Gasteiger partial charge is 0.494 e. The third-order valence-corrected chi connectivity index (χ3v) is 3.45. The van der Waals surface area contributed by atoms with Gasteiger partial charge in [-0.25, -0.2) is 0 Å². The summed E-state index contributed by atoms with van der Waals surface area (Å²) in [6.45, 7) is 2.72. The van der Waals surface area contributed by atoms with Crippen LogP contribution in [0.3, 0.4) is 0 Å². The lowest BCUT2D eigenvalue weighted by Crippen LogP contribution is -2.34. The summed E-state index contributed by atoms with van der Waals surface area (Å²) < 4.78 is 5.34. The molecule has 0 bridgehead atoms. The Morgan fingerprint density at radius 3 is 2.21 bits per heavy atom. The van der Waals surface area contributed by atoms with Crippen LogP contribution in [0.5, 0.6) is 5.75 Å². The topological polar surface area (TPSA) is 67.4 Å². The van der Waals surface area contributed by atoms with Crippen molar-refractivity contribution in [3.63, 3.8) is 0 Å². The Labute approximate surface area is 149 Å². The molecule has 0 saturated heterocycles. The SMILES string of the molecule is CCOc1ccc(CNC(=O)C(=O)Nc2cc(Cl)cc(Cl)c2)cc1. The first-order chi connectivity index (χ1) is 11.5. The van der Waals surface area contributed by atoms with E-state index in [1.165, 1.54) is 18.2 Å². The summed E-state index contributed by atoms with van der Waals surface area (Å²) in [6, 6.07) is 11.8. The van der Waals surface area contributed by atoms with E-state index in [2.05, 4.69) is 10.6 Å². The molecule has 0 heterocycles. The Morgan fingerprint density at radius 2 is 1.62 bits per heavy atom. The van der Waals surface area contributed by atoms with E-state index in [0.717, 1.165) is 11.3 Å². The monoisotopic (exact) mass is 366 g/mol. The van der Waals surface area contributed by atoms with Crippen molar-refractivity contribution in [3.8, 4) is 5.75 Å². The average molecular weight is 367 g/mol. The summed E-state index contributed by atoms with van der Waals surface area (Å²) in [5, 5.41) is 5.72. The summed E-state index contributed by atoms with van der Waals surface area (Å²) in [6.07, 6.45) is 0. The zero-order valence-electron chi connectivity index (χ0n) is 12.9. The molecule has 2 rings (SSSR count). The second-order valence-electron chi connectivity index (χ2n) is 4.87. The fourth-order valence-corrected chi connectivity index (χ4v) is 2.47. The van der Waals surface area contributed by atoms with Gasteiger partial charge in [0.05, 0.1) is 6.61 Å². The molecule has 2 aromatic carbocycles. The molecule has 0 aromatic heterocycles. The van der Waals surface area contributed by atoms with Gasteiger partial charge in [-0.05, 0) is 42.8 Å². The van der Waals surface area contributed by atoms with E-state index >= 15 is 0 Å². The van der Waals surface area contributed by atoms with Crippen LogP contribution < -0.4 is 15.4 Å². The predicted molar refractivity (Wildman–Crippen MR) is 94.5 cm³/mol. The zero-order chi connectivity index (χ0) is 17.5. The number of rotatable bonds is 5. The molecule has 2 N–H and O–H groups in total. The van der Waals surface area contributed by atoms with E-state index in [-0.39, 0.29) is 6.54 Å². The first kappa shape index (κ1) is 18.1. The highest BCUT2D eigenvalue weighted by molar-refractivity contribution is 6.40. The van der Waals surface area contributed by atoms with Crippen LogP contribution >= 0.6 is 23.2 Å². The number of amides is 2. The molecule has 7 heteroatoms. The smallest absolute Gasteiger partial charge is 0.313 e. The van der Waals surface area contributed by atoms with Gasteiger partial charge in [0.2, 0.25) is 0 Å². The molecule has 0 spiro atoms. The lowest BCUT2D eigenvalue weighted by Gasteiger charge is -2.08. The third kappa shape index (κ3) is 5.44. The van der Waals surface area contributed by atoms with Crippen LogP contribution in [0.15, 0.2) is 42.5 Å². The normalized spacial score (nSPS) is 10.1. The van der Waals surface area contributed by atoms with Gasteiger partial charge in [-0.3, -0.25) is 9.59 Å². The number of hydrogen-bond acceptors (Lipinski definition) is 3. The number of carbonyl (C=O) groups is 2. The maximum atomic E-state index is 11.9. The Bertz CT molecular complexity index is 713. The number of halogens is 2. The molecule has 0 unspecified atom stereocenters. The molecule has 126 valence electrons. The molecule has 0 aliphatic rings. The number of anilines is 1. The van der Waals surface area contributed by atoms with Gasteiger partial charge in [0.1, 0.15) is 5.75 Å². The standard InChI is InChI=1S/C17H16Cl2N2O3/c1-2-24-15-5-3-11(4-6-15)10-20-16(22)17(23)21-14-8-12(18)7-13(19)9-14/h3-9H,2,10H2,1H3,(H,20,22)(H,21,23). The van der Waals surface area contributed by atoms with Gasteiger partial charge in [0.15, 0.2) is 0 Å². The van der Waals surface area contributed by atoms with Gasteiger partial charge in [0, 0.05) is 22.3 Å². The number of hydrogen-bond donors (Lipinski definition) is 2. The van der Waals surface area contributed by atoms with E-state index in [0.29, 0.717) is 22.3 Å². The fourth-order valence-electron chi connectivity index (χ4n) is 1.95. The number of ether oxygens (including phenoxy) is 1. The van der Waals surface area contributed by atoms with Crippen LogP contribution in [0.1, 0.15) is 12.5 Å². The third-order valence-electron chi connectivity index (χ3n) is 3.01. The van der Waals surface area contributed by atoms with Crippen LogP contribution in [0.25, 0.3) is 0 Å². The highest BCUT2D eigenvalue weighted by Gasteiger charge is 2.14. The number of carbonyl (C=O) groups excluding carboxylic acids is 2. The maximum Gasteiger partial charge on any atom is 0.313 e. The second kappa shape index (κ2) is 8.57. The highest BCUT2D eigenvalue weighted by Crippen LogP contribution is 2.22. The van der Waals surface area contributed by atoms with E-state index in [9.17, 15) is 9.59 Å². The van der Waals surface area contributed by atoms with Gasteiger partial charge in [0.25, 0.3) is 0 Å². The molecule has 0 saturated carbocycles. The molecule has 0 aliphatic carbocycles. The van der Waals surface area contributed by atoms with Crippen molar-refractivity contribution >= 4 is 40.7 Å². The molecule has 0 atom stereocenters. The van der Waals surface area contributed by atoms with Gasteiger partial charge in [-0.15, -0.1) is 0 Å². The van der Waals surface area contributed by atoms with Crippen molar-refractivity contribution in [2.75, 3.05) is 11.9 Å². The Hall–Kier alpha value is -2.24. The van der Waals surface area contributed by atoms with Crippen molar-refractivity contribution in [1.82, 2.24) is 5.32 Å². The summed E-state index contributed by atoms with van der Waals surface area (Å²) >= 11 is 11.7. The quantitative estimate of drug-likeness (QED) is 0.793. The van der Waals surface area contributed by atoms with Gasteiger partial charge < -0.3 is 15.4 Å². The zero-order valence-corrected chi connectivity index (χ0v) is 14.4. The highest BCUT2D eigenvalue weighted by atomic mass is 35.5. The average Bonchev–Trinajstić information content (AvgIpc) is 2.53. The Kier molecular flexibility index (Phi) is 6.46. The maximum absolute atomic E-state index is 11.9. The van der Waals surface area contributed by atoms with Crippen molar-refractivity contribution in [2.45, 2.75) is 13.5 Å². The Balaban J connectivity index is 1.88. The molecule has 0 aliphatic heterocycles. The molecular weight excluding hydrogens is 351 g/mol. The summed E-state index contributed by atoms with van der Waals surface area (Å²) in [4.78, 5) is 23.7. The van der Waals surface area contributed by atoms with Crippen LogP contribution in [-0.4, -0.2) is 18.4 Å². The summed E-state index contributed by atoms with van der Waals surface area (Å²) in [7, 11) is 0. The molecule has 5 nitrogen and oxygen atoms in total. The van der Waals surface area contributed by atoms with Gasteiger partial charge >= 0.3 is 11.8 Å². The van der Waals surface area contributed by atoms with E-state index in [4.69, 9.17) is 27.9 Å².